The molecule has 3 rings (SSSR count). The predicted molar refractivity (Wildman–Crippen MR) is 87.0 cm³/mol. The van der Waals surface area contributed by atoms with Crippen molar-refractivity contribution in [3.8, 4) is 0 Å². The summed E-state index contributed by atoms with van der Waals surface area (Å²) in [5, 5.41) is 7.33. The number of nitrogens with zero attached hydrogens (tertiary/aromatic N) is 1. The van der Waals surface area contributed by atoms with Gasteiger partial charge in [0.15, 0.2) is 5.11 Å². The SMILES string of the molecule is FC(F)(F)c1ccccc1C=NNC(=S)NC1CC2C=CC1C2. The van der Waals surface area contributed by atoms with E-state index in [1.54, 1.807) is 0 Å². The summed E-state index contributed by atoms with van der Waals surface area (Å²) in [6.45, 7) is 0. The molecule has 3 atom stereocenters. The number of benzene rings is 1. The average Bonchev–Trinajstić information content (AvgIpc) is 3.09. The van der Waals surface area contributed by atoms with Crippen molar-refractivity contribution in [2.75, 3.05) is 0 Å². The lowest BCUT2D eigenvalue weighted by Gasteiger charge is -2.20. The van der Waals surface area contributed by atoms with Crippen LogP contribution in [0.3, 0.4) is 0 Å². The molecule has 1 saturated carbocycles. The normalized spacial score (nSPS) is 26.0. The fourth-order valence-electron chi connectivity index (χ4n) is 3.18. The van der Waals surface area contributed by atoms with E-state index in [1.165, 1.54) is 18.2 Å². The van der Waals surface area contributed by atoms with E-state index < -0.39 is 11.7 Å². The third-order valence-electron chi connectivity index (χ3n) is 4.23. The van der Waals surface area contributed by atoms with Crippen LogP contribution in [0.15, 0.2) is 41.5 Å². The van der Waals surface area contributed by atoms with Crippen LogP contribution in [0.2, 0.25) is 0 Å². The molecule has 2 aliphatic carbocycles. The molecule has 1 aromatic rings. The molecule has 0 aliphatic heterocycles. The fraction of sp³-hybridized carbons (Fsp3) is 0.375. The fourth-order valence-corrected chi connectivity index (χ4v) is 3.38. The van der Waals surface area contributed by atoms with Crippen LogP contribution in [-0.4, -0.2) is 17.4 Å². The highest BCUT2D eigenvalue weighted by molar-refractivity contribution is 7.80. The predicted octanol–water partition coefficient (Wildman–Crippen LogP) is 3.47. The zero-order valence-electron chi connectivity index (χ0n) is 12.2. The van der Waals surface area contributed by atoms with E-state index in [-0.39, 0.29) is 11.6 Å². The molecule has 3 nitrogen and oxygen atoms in total. The van der Waals surface area contributed by atoms with Crippen molar-refractivity contribution < 1.29 is 13.2 Å². The molecule has 0 spiro atoms. The number of halogens is 3. The van der Waals surface area contributed by atoms with Crippen molar-refractivity contribution in [3.05, 3.63) is 47.5 Å². The Morgan fingerprint density at radius 2 is 2.00 bits per heavy atom. The number of fused-ring (bicyclic) bond motifs is 2. The first-order valence-corrected chi connectivity index (χ1v) is 7.78. The molecule has 3 unspecified atom stereocenters. The third kappa shape index (κ3) is 3.72. The quantitative estimate of drug-likeness (QED) is 0.383. The van der Waals surface area contributed by atoms with Crippen molar-refractivity contribution in [2.45, 2.75) is 25.1 Å². The van der Waals surface area contributed by atoms with Crippen molar-refractivity contribution >= 4 is 23.5 Å². The van der Waals surface area contributed by atoms with Crippen LogP contribution in [0, 0.1) is 11.8 Å². The Bertz CT molecular complexity index is 654. The van der Waals surface area contributed by atoms with E-state index in [0.717, 1.165) is 25.1 Å². The second kappa shape index (κ2) is 6.31. The van der Waals surface area contributed by atoms with Gasteiger partial charge in [-0.2, -0.15) is 18.3 Å². The Balaban J connectivity index is 1.57. The topological polar surface area (TPSA) is 36.4 Å². The Morgan fingerprint density at radius 3 is 2.65 bits per heavy atom. The zero-order chi connectivity index (χ0) is 16.4. The summed E-state index contributed by atoms with van der Waals surface area (Å²) >= 11 is 5.15. The maximum Gasteiger partial charge on any atom is 0.417 e. The van der Waals surface area contributed by atoms with E-state index in [1.807, 2.05) is 0 Å². The first kappa shape index (κ1) is 16.0. The van der Waals surface area contributed by atoms with Gasteiger partial charge in [-0.25, -0.2) is 0 Å². The second-order valence-electron chi connectivity index (χ2n) is 5.82. The second-order valence-corrected chi connectivity index (χ2v) is 6.22. The zero-order valence-corrected chi connectivity index (χ0v) is 13.0. The summed E-state index contributed by atoms with van der Waals surface area (Å²) in [5.41, 5.74) is 1.87. The maximum atomic E-state index is 12.9. The molecule has 0 amide bonds. The molecular formula is C16H16F3N3S. The van der Waals surface area contributed by atoms with Gasteiger partial charge < -0.3 is 5.32 Å². The molecule has 0 radical (unpaired) electrons. The van der Waals surface area contributed by atoms with Crippen molar-refractivity contribution in [3.63, 3.8) is 0 Å². The highest BCUT2D eigenvalue weighted by atomic mass is 32.1. The van der Waals surface area contributed by atoms with Crippen LogP contribution in [0.25, 0.3) is 0 Å². The van der Waals surface area contributed by atoms with Gasteiger partial charge in [0.25, 0.3) is 0 Å². The Hall–Kier alpha value is -1.89. The summed E-state index contributed by atoms with van der Waals surface area (Å²) in [6.07, 6.45) is 3.32. The number of hydrazone groups is 1. The Labute approximate surface area is 137 Å². The number of thiocarbonyl (C=S) groups is 1. The standard InChI is InChI=1S/C16H16F3N3S/c17-16(18,19)13-4-2-1-3-12(13)9-20-22-15(23)21-14-8-10-5-6-11(14)7-10/h1-6,9-11,14H,7-8H2,(H2,21,22,23). The largest absolute Gasteiger partial charge is 0.417 e. The minimum absolute atomic E-state index is 0.00171. The lowest BCUT2D eigenvalue weighted by Crippen LogP contribution is -2.42. The Morgan fingerprint density at radius 1 is 1.22 bits per heavy atom. The minimum Gasteiger partial charge on any atom is -0.358 e. The number of nitrogens with one attached hydrogen (secondary N) is 2. The summed E-state index contributed by atoms with van der Waals surface area (Å²) in [4.78, 5) is 0. The van der Waals surface area contributed by atoms with Gasteiger partial charge in [0.2, 0.25) is 0 Å². The van der Waals surface area contributed by atoms with E-state index in [0.29, 0.717) is 16.9 Å². The molecule has 1 fully saturated rings. The number of rotatable bonds is 3. The summed E-state index contributed by atoms with van der Waals surface area (Å²) in [7, 11) is 0. The van der Waals surface area contributed by atoms with Crippen molar-refractivity contribution in [1.29, 1.82) is 0 Å². The van der Waals surface area contributed by atoms with E-state index in [4.69, 9.17) is 12.2 Å². The molecule has 0 aromatic heterocycles. The van der Waals surface area contributed by atoms with Crippen LogP contribution in [0.1, 0.15) is 24.0 Å². The van der Waals surface area contributed by atoms with Crippen LogP contribution in [-0.2, 0) is 6.18 Å². The van der Waals surface area contributed by atoms with Gasteiger partial charge in [0, 0.05) is 11.6 Å². The molecule has 122 valence electrons. The summed E-state index contributed by atoms with van der Waals surface area (Å²) in [5.74, 6) is 1.09. The average molecular weight is 339 g/mol. The van der Waals surface area contributed by atoms with Crippen molar-refractivity contribution in [1.82, 2.24) is 10.7 Å². The molecular weight excluding hydrogens is 323 g/mol. The first-order valence-electron chi connectivity index (χ1n) is 7.37. The summed E-state index contributed by atoms with van der Waals surface area (Å²) in [6, 6.07) is 5.56. The number of alkyl halides is 3. The number of allylic oxidation sites excluding steroid dienone is 1. The van der Waals surface area contributed by atoms with Gasteiger partial charge in [-0.1, -0.05) is 30.4 Å². The van der Waals surface area contributed by atoms with Crippen LogP contribution in [0.5, 0.6) is 0 Å². The highest BCUT2D eigenvalue weighted by Crippen LogP contribution is 2.38. The molecule has 23 heavy (non-hydrogen) atoms. The highest BCUT2D eigenvalue weighted by Gasteiger charge is 2.36. The molecule has 2 N–H and O–H groups in total. The Kier molecular flexibility index (Phi) is 4.39. The molecule has 2 bridgehead atoms. The molecule has 0 heterocycles. The lowest BCUT2D eigenvalue weighted by molar-refractivity contribution is -0.137. The van der Waals surface area contributed by atoms with Gasteiger partial charge >= 0.3 is 6.18 Å². The van der Waals surface area contributed by atoms with Gasteiger partial charge in [-0.3, -0.25) is 5.43 Å². The molecule has 2 aliphatic rings. The lowest BCUT2D eigenvalue weighted by atomic mass is 10.0. The first-order chi connectivity index (χ1) is 10.9. The van der Waals surface area contributed by atoms with Crippen LogP contribution < -0.4 is 10.7 Å². The van der Waals surface area contributed by atoms with Gasteiger partial charge in [0.05, 0.1) is 11.8 Å². The number of hydrogen-bond donors (Lipinski definition) is 2. The van der Waals surface area contributed by atoms with Crippen LogP contribution in [0.4, 0.5) is 13.2 Å². The number of hydrogen-bond acceptors (Lipinski definition) is 2. The molecule has 7 heteroatoms. The molecule has 1 aromatic carbocycles. The third-order valence-corrected chi connectivity index (χ3v) is 4.44. The van der Waals surface area contributed by atoms with E-state index in [9.17, 15) is 13.2 Å². The summed E-state index contributed by atoms with van der Waals surface area (Å²) < 4.78 is 38.6. The smallest absolute Gasteiger partial charge is 0.358 e. The monoisotopic (exact) mass is 339 g/mol. The van der Waals surface area contributed by atoms with Gasteiger partial charge in [-0.15, -0.1) is 0 Å². The van der Waals surface area contributed by atoms with E-state index >= 15 is 0 Å². The van der Waals surface area contributed by atoms with E-state index in [2.05, 4.69) is 28.0 Å². The van der Waals surface area contributed by atoms with Gasteiger partial charge in [-0.05, 0) is 43.0 Å². The minimum atomic E-state index is -4.41. The van der Waals surface area contributed by atoms with Crippen molar-refractivity contribution in [2.24, 2.45) is 16.9 Å². The molecule has 0 saturated heterocycles. The maximum absolute atomic E-state index is 12.9. The van der Waals surface area contributed by atoms with Gasteiger partial charge in [0.1, 0.15) is 0 Å². The van der Waals surface area contributed by atoms with Crippen LogP contribution >= 0.6 is 12.2 Å².